The van der Waals surface area contributed by atoms with E-state index in [0.29, 0.717) is 12.0 Å². The van der Waals surface area contributed by atoms with Crippen molar-refractivity contribution in [3.8, 4) is 0 Å². The highest BCUT2D eigenvalue weighted by atomic mass is 35.5. The molecule has 1 N–H and O–H groups in total. The van der Waals surface area contributed by atoms with Crippen molar-refractivity contribution in [3.05, 3.63) is 34.6 Å². The van der Waals surface area contributed by atoms with Gasteiger partial charge < -0.3 is 5.11 Å². The molecule has 78 valence electrons. The first kappa shape index (κ1) is 11.5. The third kappa shape index (κ3) is 2.46. The fraction of sp³-hybridized carbons (Fsp3) is 0.455. The summed E-state index contributed by atoms with van der Waals surface area (Å²) in [5.74, 6) is -0.456. The van der Waals surface area contributed by atoms with E-state index in [1.54, 1.807) is 13.0 Å². The van der Waals surface area contributed by atoms with Crippen LogP contribution in [0.5, 0.6) is 0 Å². The van der Waals surface area contributed by atoms with Gasteiger partial charge in [0.05, 0.1) is 10.6 Å². The first-order valence-electron chi connectivity index (χ1n) is 4.65. The third-order valence-electron chi connectivity index (χ3n) is 2.28. The number of rotatable bonds is 3. The van der Waals surface area contributed by atoms with Crippen molar-refractivity contribution in [2.24, 2.45) is 0 Å². The Morgan fingerprint density at radius 3 is 2.64 bits per heavy atom. The SMILES string of the molecule is CCC[C@](C)(O)c1ccc(F)c(Cl)c1. The van der Waals surface area contributed by atoms with Gasteiger partial charge in [-0.25, -0.2) is 4.39 Å². The summed E-state index contributed by atoms with van der Waals surface area (Å²) in [5.41, 5.74) is -0.266. The predicted octanol–water partition coefficient (Wildman–Crippen LogP) is 3.49. The largest absolute Gasteiger partial charge is 0.385 e. The van der Waals surface area contributed by atoms with Gasteiger partial charge in [0.25, 0.3) is 0 Å². The Labute approximate surface area is 88.5 Å². The summed E-state index contributed by atoms with van der Waals surface area (Å²) in [6, 6.07) is 4.32. The maximum absolute atomic E-state index is 12.9. The Kier molecular flexibility index (Phi) is 3.51. The zero-order valence-corrected chi connectivity index (χ0v) is 9.11. The maximum Gasteiger partial charge on any atom is 0.141 e. The highest BCUT2D eigenvalue weighted by Gasteiger charge is 2.22. The Hall–Kier alpha value is -0.600. The average Bonchev–Trinajstić information content (AvgIpc) is 2.09. The van der Waals surface area contributed by atoms with Crippen LogP contribution < -0.4 is 0 Å². The van der Waals surface area contributed by atoms with E-state index in [1.165, 1.54) is 12.1 Å². The molecule has 1 aromatic rings. The quantitative estimate of drug-likeness (QED) is 0.820. The molecule has 3 heteroatoms. The minimum atomic E-state index is -0.925. The highest BCUT2D eigenvalue weighted by molar-refractivity contribution is 6.30. The highest BCUT2D eigenvalue weighted by Crippen LogP contribution is 2.28. The van der Waals surface area contributed by atoms with Crippen LogP contribution in [0, 0.1) is 5.82 Å². The molecule has 0 heterocycles. The minimum Gasteiger partial charge on any atom is -0.385 e. The van der Waals surface area contributed by atoms with Crippen LogP contribution in [-0.2, 0) is 5.60 Å². The molecule has 0 aliphatic heterocycles. The molecule has 0 fully saturated rings. The van der Waals surface area contributed by atoms with Gasteiger partial charge in [-0.05, 0) is 31.0 Å². The molecule has 0 saturated heterocycles. The minimum absolute atomic E-state index is 0.0545. The van der Waals surface area contributed by atoms with E-state index in [0.717, 1.165) is 6.42 Å². The van der Waals surface area contributed by atoms with E-state index in [2.05, 4.69) is 0 Å². The molecule has 0 aliphatic rings. The Bertz CT molecular complexity index is 323. The van der Waals surface area contributed by atoms with E-state index >= 15 is 0 Å². The molecule has 0 saturated carbocycles. The van der Waals surface area contributed by atoms with Crippen LogP contribution in [0.2, 0.25) is 5.02 Å². The molecular formula is C11H14ClFO. The zero-order valence-electron chi connectivity index (χ0n) is 8.35. The van der Waals surface area contributed by atoms with Gasteiger partial charge in [0.2, 0.25) is 0 Å². The van der Waals surface area contributed by atoms with Gasteiger partial charge in [0.15, 0.2) is 0 Å². The van der Waals surface area contributed by atoms with Gasteiger partial charge >= 0.3 is 0 Å². The van der Waals surface area contributed by atoms with Crippen molar-refractivity contribution in [3.63, 3.8) is 0 Å². The molecule has 1 atom stereocenters. The molecule has 0 amide bonds. The molecule has 0 bridgehead atoms. The Balaban J connectivity index is 3.01. The molecule has 14 heavy (non-hydrogen) atoms. The zero-order chi connectivity index (χ0) is 10.8. The van der Waals surface area contributed by atoms with E-state index < -0.39 is 11.4 Å². The number of benzene rings is 1. The van der Waals surface area contributed by atoms with Crippen LogP contribution in [0.1, 0.15) is 32.3 Å². The molecular weight excluding hydrogens is 203 g/mol. The molecule has 1 nitrogen and oxygen atoms in total. The summed E-state index contributed by atoms with van der Waals surface area (Å²) in [4.78, 5) is 0. The molecule has 0 aromatic heterocycles. The van der Waals surface area contributed by atoms with Gasteiger partial charge in [-0.3, -0.25) is 0 Å². The molecule has 0 unspecified atom stereocenters. The lowest BCUT2D eigenvalue weighted by molar-refractivity contribution is 0.0469. The topological polar surface area (TPSA) is 20.2 Å². The average molecular weight is 217 g/mol. The molecule has 0 aliphatic carbocycles. The van der Waals surface area contributed by atoms with Crippen LogP contribution in [0.4, 0.5) is 4.39 Å². The summed E-state index contributed by atoms with van der Waals surface area (Å²) in [7, 11) is 0. The van der Waals surface area contributed by atoms with Crippen LogP contribution in [0.25, 0.3) is 0 Å². The fourth-order valence-corrected chi connectivity index (χ4v) is 1.64. The van der Waals surface area contributed by atoms with Gasteiger partial charge in [-0.15, -0.1) is 0 Å². The second-order valence-electron chi connectivity index (χ2n) is 3.65. The van der Waals surface area contributed by atoms with Gasteiger partial charge in [-0.1, -0.05) is 31.0 Å². The molecule has 0 radical (unpaired) electrons. The smallest absolute Gasteiger partial charge is 0.141 e. The van der Waals surface area contributed by atoms with E-state index in [4.69, 9.17) is 11.6 Å². The van der Waals surface area contributed by atoms with Crippen molar-refractivity contribution in [2.75, 3.05) is 0 Å². The van der Waals surface area contributed by atoms with Crippen LogP contribution in [0.15, 0.2) is 18.2 Å². The lowest BCUT2D eigenvalue weighted by Crippen LogP contribution is -2.20. The number of hydrogen-bond donors (Lipinski definition) is 1. The standard InChI is InChI=1S/C11H14ClFO/c1-3-6-11(2,14)8-4-5-10(13)9(12)7-8/h4-5,7,14H,3,6H2,1-2H3/t11-/m0/s1. The first-order valence-corrected chi connectivity index (χ1v) is 5.03. The normalized spacial score (nSPS) is 15.2. The first-order chi connectivity index (χ1) is 6.47. The van der Waals surface area contributed by atoms with E-state index in [9.17, 15) is 9.50 Å². The number of aliphatic hydroxyl groups is 1. The molecule has 1 rings (SSSR count). The second-order valence-corrected chi connectivity index (χ2v) is 4.06. The van der Waals surface area contributed by atoms with Crippen LogP contribution in [0.3, 0.4) is 0 Å². The maximum atomic E-state index is 12.9. The van der Waals surface area contributed by atoms with Gasteiger partial charge in [-0.2, -0.15) is 0 Å². The van der Waals surface area contributed by atoms with Gasteiger partial charge in [0, 0.05) is 0 Å². The lowest BCUT2D eigenvalue weighted by Gasteiger charge is -2.23. The van der Waals surface area contributed by atoms with Crippen molar-refractivity contribution in [2.45, 2.75) is 32.3 Å². The van der Waals surface area contributed by atoms with E-state index in [-0.39, 0.29) is 5.02 Å². The number of halogens is 2. The Morgan fingerprint density at radius 2 is 2.14 bits per heavy atom. The van der Waals surface area contributed by atoms with Gasteiger partial charge in [0.1, 0.15) is 5.82 Å². The monoisotopic (exact) mass is 216 g/mol. The summed E-state index contributed by atoms with van der Waals surface area (Å²) < 4.78 is 12.9. The summed E-state index contributed by atoms with van der Waals surface area (Å²) >= 11 is 5.63. The lowest BCUT2D eigenvalue weighted by atomic mass is 9.91. The summed E-state index contributed by atoms with van der Waals surface area (Å²) in [5, 5.41) is 10.1. The van der Waals surface area contributed by atoms with Crippen LogP contribution in [-0.4, -0.2) is 5.11 Å². The van der Waals surface area contributed by atoms with Crippen molar-refractivity contribution < 1.29 is 9.50 Å². The fourth-order valence-electron chi connectivity index (χ4n) is 1.46. The Morgan fingerprint density at radius 1 is 1.50 bits per heavy atom. The second kappa shape index (κ2) is 4.28. The summed E-state index contributed by atoms with van der Waals surface area (Å²) in [6.45, 7) is 3.69. The molecule has 1 aromatic carbocycles. The van der Waals surface area contributed by atoms with Crippen molar-refractivity contribution in [1.29, 1.82) is 0 Å². The van der Waals surface area contributed by atoms with E-state index in [1.807, 2.05) is 6.92 Å². The van der Waals surface area contributed by atoms with Crippen molar-refractivity contribution >= 4 is 11.6 Å². The third-order valence-corrected chi connectivity index (χ3v) is 2.57. The van der Waals surface area contributed by atoms with Crippen LogP contribution >= 0.6 is 11.6 Å². The van der Waals surface area contributed by atoms with Crippen molar-refractivity contribution in [1.82, 2.24) is 0 Å². The predicted molar refractivity (Wildman–Crippen MR) is 55.9 cm³/mol. The number of hydrogen-bond acceptors (Lipinski definition) is 1. The molecule has 0 spiro atoms. The summed E-state index contributed by atoms with van der Waals surface area (Å²) in [6.07, 6.45) is 1.50.